The summed E-state index contributed by atoms with van der Waals surface area (Å²) in [5.74, 6) is 0.503. The lowest BCUT2D eigenvalue weighted by molar-refractivity contribution is -0.0515. The van der Waals surface area contributed by atoms with Gasteiger partial charge in [-0.3, -0.25) is 0 Å². The lowest BCUT2D eigenvalue weighted by Gasteiger charge is -2.26. The number of alkyl halides is 2. The molecule has 182 valence electrons. The molecule has 0 spiro atoms. The van der Waals surface area contributed by atoms with Gasteiger partial charge < -0.3 is 14.8 Å². The summed E-state index contributed by atoms with van der Waals surface area (Å²) in [6.45, 7) is 5.05. The van der Waals surface area contributed by atoms with E-state index in [0.717, 1.165) is 6.07 Å². The second kappa shape index (κ2) is 8.96. The van der Waals surface area contributed by atoms with Gasteiger partial charge in [0.05, 0.1) is 48.3 Å². The van der Waals surface area contributed by atoms with Crippen LogP contribution in [0.25, 0.3) is 11.0 Å². The molecule has 1 aliphatic carbocycles. The number of aryl methyl sites for hydroxylation is 1. The van der Waals surface area contributed by atoms with E-state index in [1.165, 1.54) is 12.1 Å². The van der Waals surface area contributed by atoms with E-state index in [1.807, 2.05) is 6.07 Å². The molecule has 2 aromatic heterocycles. The summed E-state index contributed by atoms with van der Waals surface area (Å²) >= 11 is 0. The van der Waals surface area contributed by atoms with Gasteiger partial charge >= 0.3 is 0 Å². The Morgan fingerprint density at radius 3 is 2.60 bits per heavy atom. The summed E-state index contributed by atoms with van der Waals surface area (Å²) in [6, 6.07) is 7.47. The van der Waals surface area contributed by atoms with Crippen LogP contribution in [0.2, 0.25) is 0 Å². The maximum atomic E-state index is 14.8. The van der Waals surface area contributed by atoms with Gasteiger partial charge in [0.1, 0.15) is 17.5 Å². The normalized spacial score (nSPS) is 17.6. The number of nitrogens with one attached hydrogen (secondary N) is 1. The molecule has 1 saturated heterocycles. The number of hydrogen-bond donors (Lipinski definition) is 1. The predicted octanol–water partition coefficient (Wildman–Crippen LogP) is 5.16. The lowest BCUT2D eigenvalue weighted by Crippen LogP contribution is -2.33. The summed E-state index contributed by atoms with van der Waals surface area (Å²) < 4.78 is 52.4. The first-order valence-electron chi connectivity index (χ1n) is 11.5. The van der Waals surface area contributed by atoms with Crippen molar-refractivity contribution < 1.29 is 22.6 Å². The number of pyridine rings is 1. The lowest BCUT2D eigenvalue weighted by atomic mass is 9.97. The molecule has 3 aromatic rings. The minimum absolute atomic E-state index is 0.0961. The number of ether oxygens (including phenoxy) is 2. The first-order valence-corrected chi connectivity index (χ1v) is 11.5. The van der Waals surface area contributed by atoms with E-state index in [4.69, 9.17) is 9.47 Å². The summed E-state index contributed by atoms with van der Waals surface area (Å²) in [5, 5.41) is 13.5. The minimum Gasteiger partial charge on any atom is -0.477 e. The highest BCUT2D eigenvalue weighted by Crippen LogP contribution is 2.51. The average molecular weight is 483 g/mol. The Hall–Kier alpha value is -3.45. The molecule has 1 aromatic carbocycles. The molecular weight excluding hydrogens is 459 g/mol. The fraction of sp³-hybridized carbons (Fsp3) is 0.440. The number of anilines is 1. The molecule has 2 fully saturated rings. The Morgan fingerprint density at radius 2 is 1.97 bits per heavy atom. The van der Waals surface area contributed by atoms with Crippen LogP contribution in [-0.2, 0) is 10.2 Å². The Labute approximate surface area is 200 Å². The monoisotopic (exact) mass is 483 g/mol. The van der Waals surface area contributed by atoms with E-state index in [2.05, 4.69) is 26.3 Å². The van der Waals surface area contributed by atoms with Crippen LogP contribution in [0.3, 0.4) is 0 Å². The van der Waals surface area contributed by atoms with Gasteiger partial charge in [0.15, 0.2) is 5.65 Å². The number of fused-ring (bicyclic) bond motifs is 1. The molecule has 1 saturated carbocycles. The number of halogens is 3. The minimum atomic E-state index is -2.92. The molecule has 5 rings (SSSR count). The van der Waals surface area contributed by atoms with Crippen molar-refractivity contribution in [1.29, 1.82) is 5.26 Å². The quantitative estimate of drug-likeness (QED) is 0.473. The zero-order valence-electron chi connectivity index (χ0n) is 19.3. The highest BCUT2D eigenvalue weighted by atomic mass is 19.3. The second-order valence-corrected chi connectivity index (χ2v) is 9.16. The van der Waals surface area contributed by atoms with Gasteiger partial charge in [0.25, 0.3) is 6.43 Å². The molecule has 1 aliphatic heterocycles. The zero-order chi connectivity index (χ0) is 24.7. The molecule has 2 aliphatic rings. The van der Waals surface area contributed by atoms with Crippen LogP contribution >= 0.6 is 0 Å². The van der Waals surface area contributed by atoms with Gasteiger partial charge in [-0.15, -0.1) is 0 Å². The van der Waals surface area contributed by atoms with E-state index in [0.29, 0.717) is 66.8 Å². The standard InChI is InChI=1S/C25H24F3N5O2/c1-13(16-4-3-5-17(20(16)26)21(27)28)30-22-18-8-19(25(12-29)6-7-25)24(35-11-15-9-34-10-15)33-23(18)32-14(2)31-22/h3-5,8,13,15,21H,6-7,9-11H2,1-2H3,(H,30,31,32,33)/t13-/m1/s1. The van der Waals surface area contributed by atoms with E-state index in [9.17, 15) is 18.4 Å². The van der Waals surface area contributed by atoms with Crippen LogP contribution in [-0.4, -0.2) is 34.8 Å². The van der Waals surface area contributed by atoms with Gasteiger partial charge in [-0.25, -0.2) is 23.1 Å². The fourth-order valence-corrected chi connectivity index (χ4v) is 4.21. The van der Waals surface area contributed by atoms with Gasteiger partial charge in [-0.05, 0) is 32.8 Å². The Balaban J connectivity index is 1.54. The van der Waals surface area contributed by atoms with Gasteiger partial charge in [-0.1, -0.05) is 18.2 Å². The van der Waals surface area contributed by atoms with Gasteiger partial charge in [0, 0.05) is 17.0 Å². The Bertz CT molecular complexity index is 1320. The Kier molecular flexibility index (Phi) is 5.97. The first-order chi connectivity index (χ1) is 16.8. The molecule has 1 atom stereocenters. The van der Waals surface area contributed by atoms with Crippen LogP contribution in [0.4, 0.5) is 19.0 Å². The van der Waals surface area contributed by atoms with E-state index < -0.39 is 29.3 Å². The van der Waals surface area contributed by atoms with Crippen molar-refractivity contribution in [3.8, 4) is 11.9 Å². The first kappa shape index (κ1) is 23.3. The van der Waals surface area contributed by atoms with Crippen molar-refractivity contribution in [2.75, 3.05) is 25.1 Å². The van der Waals surface area contributed by atoms with Crippen LogP contribution < -0.4 is 10.1 Å². The summed E-state index contributed by atoms with van der Waals surface area (Å²) in [5.41, 5.74) is -0.197. The molecule has 10 heteroatoms. The largest absolute Gasteiger partial charge is 0.477 e. The SMILES string of the molecule is Cc1nc(N[C@H](C)c2cccc(C(F)F)c2F)c2cc(C3(C#N)CC3)c(OCC3COC3)nc2n1. The highest BCUT2D eigenvalue weighted by Gasteiger charge is 2.48. The predicted molar refractivity (Wildman–Crippen MR) is 122 cm³/mol. The van der Waals surface area contributed by atoms with Gasteiger partial charge in [-0.2, -0.15) is 10.2 Å². The van der Waals surface area contributed by atoms with Crippen molar-refractivity contribution in [2.45, 2.75) is 44.6 Å². The van der Waals surface area contributed by atoms with Crippen molar-refractivity contribution in [3.05, 3.63) is 52.6 Å². The van der Waals surface area contributed by atoms with Crippen LogP contribution in [0.15, 0.2) is 24.3 Å². The van der Waals surface area contributed by atoms with Crippen LogP contribution in [0.5, 0.6) is 5.88 Å². The highest BCUT2D eigenvalue weighted by molar-refractivity contribution is 5.88. The number of rotatable bonds is 8. The molecular formula is C25H24F3N5O2. The number of hydrogen-bond acceptors (Lipinski definition) is 7. The average Bonchev–Trinajstić information content (AvgIpc) is 3.58. The van der Waals surface area contributed by atoms with E-state index in [-0.39, 0.29) is 11.5 Å². The Morgan fingerprint density at radius 1 is 1.23 bits per heavy atom. The summed E-state index contributed by atoms with van der Waals surface area (Å²) in [4.78, 5) is 13.6. The molecule has 0 radical (unpaired) electrons. The molecule has 35 heavy (non-hydrogen) atoms. The summed E-state index contributed by atoms with van der Waals surface area (Å²) in [7, 11) is 0. The zero-order valence-corrected chi connectivity index (χ0v) is 19.3. The van der Waals surface area contributed by atoms with Crippen molar-refractivity contribution in [3.63, 3.8) is 0 Å². The fourth-order valence-electron chi connectivity index (χ4n) is 4.21. The van der Waals surface area contributed by atoms with Crippen LogP contribution in [0, 0.1) is 30.0 Å². The van der Waals surface area contributed by atoms with Crippen molar-refractivity contribution in [2.24, 2.45) is 5.92 Å². The molecule has 0 amide bonds. The number of nitriles is 1. The van der Waals surface area contributed by atoms with Crippen molar-refractivity contribution in [1.82, 2.24) is 15.0 Å². The molecule has 3 heterocycles. The van der Waals surface area contributed by atoms with Crippen molar-refractivity contribution >= 4 is 16.9 Å². The summed E-state index contributed by atoms with van der Waals surface area (Å²) in [6.07, 6.45) is -1.53. The van der Waals surface area contributed by atoms with E-state index >= 15 is 0 Å². The van der Waals surface area contributed by atoms with Crippen LogP contribution in [0.1, 0.15) is 54.7 Å². The third-order valence-corrected chi connectivity index (χ3v) is 6.52. The molecule has 0 bridgehead atoms. The molecule has 7 nitrogen and oxygen atoms in total. The number of benzene rings is 1. The third kappa shape index (κ3) is 4.36. The maximum Gasteiger partial charge on any atom is 0.266 e. The second-order valence-electron chi connectivity index (χ2n) is 9.16. The maximum absolute atomic E-state index is 14.8. The molecule has 0 unspecified atom stereocenters. The third-order valence-electron chi connectivity index (χ3n) is 6.52. The molecule has 1 N–H and O–H groups in total. The van der Waals surface area contributed by atoms with E-state index in [1.54, 1.807) is 13.8 Å². The smallest absolute Gasteiger partial charge is 0.266 e. The number of nitrogens with zero attached hydrogens (tertiary/aromatic N) is 4. The van der Waals surface area contributed by atoms with Gasteiger partial charge in [0.2, 0.25) is 5.88 Å². The number of aromatic nitrogens is 3. The topological polar surface area (TPSA) is 93.0 Å².